The number of hydrogen-bond acceptors (Lipinski definition) is 4. The lowest BCUT2D eigenvalue weighted by atomic mass is 9.75. The quantitative estimate of drug-likeness (QED) is 0.565. The van der Waals surface area contributed by atoms with Gasteiger partial charge in [0.1, 0.15) is 0 Å². The zero-order valence-electron chi connectivity index (χ0n) is 20.1. The van der Waals surface area contributed by atoms with Crippen LogP contribution in [0.1, 0.15) is 62.0 Å². The number of imidazole rings is 1. The Morgan fingerprint density at radius 3 is 2.38 bits per heavy atom. The molecule has 1 aromatic heterocycles. The molecule has 1 fully saturated rings. The maximum absolute atomic E-state index is 12.4. The topological polar surface area (TPSA) is 95.3 Å². The van der Waals surface area contributed by atoms with Crippen LogP contribution in [0.3, 0.4) is 0 Å². The first kappa shape index (κ1) is 23.7. The van der Waals surface area contributed by atoms with Gasteiger partial charge in [-0.05, 0) is 74.2 Å². The molecule has 7 nitrogen and oxygen atoms in total. The van der Waals surface area contributed by atoms with Gasteiger partial charge in [-0.2, -0.15) is 0 Å². The van der Waals surface area contributed by atoms with Gasteiger partial charge >= 0.3 is 0 Å². The number of carbonyl (C=O) groups excluding carboxylic acids is 2. The Labute approximate surface area is 201 Å². The predicted molar refractivity (Wildman–Crippen MR) is 133 cm³/mol. The molecule has 1 unspecified atom stereocenters. The second-order valence-corrected chi connectivity index (χ2v) is 9.38. The van der Waals surface area contributed by atoms with Gasteiger partial charge in [-0.25, -0.2) is 4.98 Å². The summed E-state index contributed by atoms with van der Waals surface area (Å²) in [5, 5.41) is 0. The Balaban J connectivity index is 1.58. The number of primary amides is 1. The van der Waals surface area contributed by atoms with Gasteiger partial charge in [0.2, 0.25) is 5.91 Å². The molecule has 1 aliphatic heterocycles. The molecule has 0 aliphatic carbocycles. The number of aromatic amines is 1. The number of aromatic nitrogens is 2. The number of nitrogens with one attached hydrogen (secondary N) is 1. The summed E-state index contributed by atoms with van der Waals surface area (Å²) < 4.78 is 0. The van der Waals surface area contributed by atoms with Crippen molar-refractivity contribution in [1.82, 2.24) is 19.8 Å². The van der Waals surface area contributed by atoms with Crippen LogP contribution in [0, 0.1) is 12.8 Å². The number of rotatable bonds is 7. The number of nitrogens with two attached hydrogens (primary N) is 1. The van der Waals surface area contributed by atoms with E-state index in [2.05, 4.69) is 40.0 Å². The molecule has 1 atom stereocenters. The number of hydrogen-bond donors (Lipinski definition) is 2. The Bertz CT molecular complexity index is 1140. The minimum Gasteiger partial charge on any atom is -0.366 e. The van der Waals surface area contributed by atoms with Crippen LogP contribution in [-0.4, -0.2) is 58.8 Å². The van der Waals surface area contributed by atoms with E-state index in [-0.39, 0.29) is 11.8 Å². The van der Waals surface area contributed by atoms with Crippen LogP contribution in [0.4, 0.5) is 0 Å². The van der Waals surface area contributed by atoms with Gasteiger partial charge in [-0.1, -0.05) is 24.3 Å². The number of nitrogens with zero attached hydrogens (tertiary/aromatic N) is 3. The second kappa shape index (κ2) is 10.2. The highest BCUT2D eigenvalue weighted by Gasteiger charge is 2.30. The smallest absolute Gasteiger partial charge is 0.253 e. The lowest BCUT2D eigenvalue weighted by Crippen LogP contribution is -2.35. The van der Waals surface area contributed by atoms with Gasteiger partial charge in [0.15, 0.2) is 0 Å². The maximum atomic E-state index is 12.4. The van der Waals surface area contributed by atoms with E-state index < -0.39 is 5.91 Å². The molecule has 2 aromatic carbocycles. The van der Waals surface area contributed by atoms with Crippen molar-refractivity contribution >= 4 is 11.8 Å². The Morgan fingerprint density at radius 1 is 1.09 bits per heavy atom. The summed E-state index contributed by atoms with van der Waals surface area (Å²) >= 11 is 0. The minimum absolute atomic E-state index is 0.0132. The Hall–Kier alpha value is -3.45. The molecule has 1 aliphatic rings. The summed E-state index contributed by atoms with van der Waals surface area (Å²) in [5.41, 5.74) is 11.2. The standard InChI is InChI=1S/C27H33N5O2/c1-18-24(30-17-29-18)16-32-13-11-20(12-14-32)25(22-5-4-6-23(15-22)26(28)33)19-7-9-21(10-8-19)27(34)31(2)3/h4-10,15,17,20,25H,11-14,16H2,1-3H3,(H2,28,33)(H,29,30). The first-order chi connectivity index (χ1) is 16.3. The third-order valence-electron chi connectivity index (χ3n) is 6.86. The van der Waals surface area contributed by atoms with E-state index in [0.29, 0.717) is 17.0 Å². The summed E-state index contributed by atoms with van der Waals surface area (Å²) in [6.45, 7) is 4.88. The van der Waals surface area contributed by atoms with Gasteiger partial charge in [0.25, 0.3) is 5.91 Å². The Kier molecular flexibility index (Phi) is 7.12. The summed E-state index contributed by atoms with van der Waals surface area (Å²) in [4.78, 5) is 35.9. The fourth-order valence-electron chi connectivity index (χ4n) is 4.92. The average Bonchev–Trinajstić information content (AvgIpc) is 3.24. The monoisotopic (exact) mass is 459 g/mol. The van der Waals surface area contributed by atoms with Crippen LogP contribution >= 0.6 is 0 Å². The number of benzene rings is 2. The first-order valence-corrected chi connectivity index (χ1v) is 11.8. The second-order valence-electron chi connectivity index (χ2n) is 9.38. The van der Waals surface area contributed by atoms with E-state index in [1.54, 1.807) is 31.4 Å². The molecule has 0 spiro atoms. The van der Waals surface area contributed by atoms with Crippen LogP contribution < -0.4 is 5.73 Å². The van der Waals surface area contributed by atoms with Crippen molar-refractivity contribution in [1.29, 1.82) is 0 Å². The van der Waals surface area contributed by atoms with Crippen LogP contribution in [0.2, 0.25) is 0 Å². The van der Waals surface area contributed by atoms with Crippen molar-refractivity contribution in [3.8, 4) is 0 Å². The molecular formula is C27H33N5O2. The number of likely N-dealkylation sites (tertiary alicyclic amines) is 1. The SMILES string of the molecule is Cc1[nH]cnc1CN1CCC(C(c2ccc(C(=O)N(C)C)cc2)c2cccc(C(N)=O)c2)CC1. The van der Waals surface area contributed by atoms with Crippen LogP contribution in [-0.2, 0) is 6.54 Å². The highest BCUT2D eigenvalue weighted by atomic mass is 16.2. The molecule has 0 bridgehead atoms. The van der Waals surface area contributed by atoms with Crippen molar-refractivity contribution < 1.29 is 9.59 Å². The van der Waals surface area contributed by atoms with E-state index in [1.807, 2.05) is 24.3 Å². The van der Waals surface area contributed by atoms with E-state index in [0.717, 1.165) is 55.0 Å². The molecule has 4 rings (SSSR count). The molecule has 0 saturated carbocycles. The van der Waals surface area contributed by atoms with Crippen LogP contribution in [0.25, 0.3) is 0 Å². The van der Waals surface area contributed by atoms with Gasteiger partial charge in [0.05, 0.1) is 12.0 Å². The molecule has 7 heteroatoms. The van der Waals surface area contributed by atoms with E-state index in [4.69, 9.17) is 5.73 Å². The molecule has 2 amide bonds. The molecule has 0 radical (unpaired) electrons. The molecular weight excluding hydrogens is 426 g/mol. The van der Waals surface area contributed by atoms with Gasteiger partial charge in [0, 0.05) is 43.4 Å². The number of amides is 2. The number of piperidine rings is 1. The van der Waals surface area contributed by atoms with Crippen molar-refractivity contribution in [2.75, 3.05) is 27.2 Å². The third kappa shape index (κ3) is 5.20. The van der Waals surface area contributed by atoms with Gasteiger partial charge in [-0.3, -0.25) is 14.5 Å². The van der Waals surface area contributed by atoms with Crippen molar-refractivity contribution in [2.24, 2.45) is 11.7 Å². The predicted octanol–water partition coefficient (Wildman–Crippen LogP) is 3.56. The molecule has 178 valence electrons. The number of H-pyrrole nitrogens is 1. The van der Waals surface area contributed by atoms with E-state index in [1.165, 1.54) is 0 Å². The molecule has 2 heterocycles. The van der Waals surface area contributed by atoms with Crippen molar-refractivity contribution in [3.63, 3.8) is 0 Å². The molecule has 1 saturated heterocycles. The summed E-state index contributed by atoms with van der Waals surface area (Å²) in [5.74, 6) is 0.102. The summed E-state index contributed by atoms with van der Waals surface area (Å²) in [7, 11) is 3.51. The highest BCUT2D eigenvalue weighted by Crippen LogP contribution is 2.38. The van der Waals surface area contributed by atoms with E-state index >= 15 is 0 Å². The van der Waals surface area contributed by atoms with Gasteiger partial charge < -0.3 is 15.6 Å². The summed E-state index contributed by atoms with van der Waals surface area (Å²) in [6, 6.07) is 15.6. The Morgan fingerprint density at radius 2 is 1.79 bits per heavy atom. The average molecular weight is 460 g/mol. The van der Waals surface area contributed by atoms with E-state index in [9.17, 15) is 9.59 Å². The minimum atomic E-state index is -0.420. The first-order valence-electron chi connectivity index (χ1n) is 11.8. The lowest BCUT2D eigenvalue weighted by molar-refractivity contribution is 0.0827. The zero-order chi connectivity index (χ0) is 24.2. The molecule has 3 N–H and O–H groups in total. The molecule has 3 aromatic rings. The van der Waals surface area contributed by atoms with Crippen molar-refractivity contribution in [3.05, 3.63) is 88.5 Å². The normalized spacial score (nSPS) is 15.7. The largest absolute Gasteiger partial charge is 0.366 e. The maximum Gasteiger partial charge on any atom is 0.253 e. The highest BCUT2D eigenvalue weighted by molar-refractivity contribution is 5.94. The molecule has 34 heavy (non-hydrogen) atoms. The summed E-state index contributed by atoms with van der Waals surface area (Å²) in [6.07, 6.45) is 3.82. The van der Waals surface area contributed by atoms with Crippen molar-refractivity contribution in [2.45, 2.75) is 32.2 Å². The fourth-order valence-corrected chi connectivity index (χ4v) is 4.92. The van der Waals surface area contributed by atoms with Gasteiger partial charge in [-0.15, -0.1) is 0 Å². The number of carbonyl (C=O) groups is 2. The zero-order valence-corrected chi connectivity index (χ0v) is 20.1. The van der Waals surface area contributed by atoms with Crippen LogP contribution in [0.15, 0.2) is 54.9 Å². The lowest BCUT2D eigenvalue weighted by Gasteiger charge is -2.36. The number of aryl methyl sites for hydroxylation is 1. The van der Waals surface area contributed by atoms with Crippen LogP contribution in [0.5, 0.6) is 0 Å². The third-order valence-corrected chi connectivity index (χ3v) is 6.86. The fraction of sp³-hybridized carbons (Fsp3) is 0.370.